The van der Waals surface area contributed by atoms with Crippen molar-refractivity contribution in [1.29, 1.82) is 0 Å². The molecule has 0 aliphatic rings. The van der Waals surface area contributed by atoms with Crippen molar-refractivity contribution in [2.75, 3.05) is 0 Å². The van der Waals surface area contributed by atoms with E-state index in [1.807, 2.05) is 31.2 Å². The van der Waals surface area contributed by atoms with Crippen molar-refractivity contribution in [2.24, 2.45) is 0 Å². The van der Waals surface area contributed by atoms with Gasteiger partial charge in [0.2, 0.25) is 0 Å². The van der Waals surface area contributed by atoms with Crippen LogP contribution in [0.2, 0.25) is 0 Å². The van der Waals surface area contributed by atoms with Gasteiger partial charge in [0.15, 0.2) is 17.5 Å². The number of aryl methyl sites for hydroxylation is 1. The molecule has 29 heavy (non-hydrogen) atoms. The van der Waals surface area contributed by atoms with Gasteiger partial charge in [0.25, 0.3) is 0 Å². The van der Waals surface area contributed by atoms with Crippen LogP contribution >= 0.6 is 0 Å². The lowest BCUT2D eigenvalue weighted by Crippen LogP contribution is -2.06. The number of hydrogen-bond acceptors (Lipinski definition) is 5. The maximum absolute atomic E-state index is 10.4. The Kier molecular flexibility index (Phi) is 7.43. The maximum atomic E-state index is 10.4. The Balaban J connectivity index is 2.83. The Labute approximate surface area is 171 Å². The van der Waals surface area contributed by atoms with Crippen LogP contribution in [0.15, 0.2) is 85.4 Å². The maximum Gasteiger partial charge on any atom is 0.167 e. The van der Waals surface area contributed by atoms with Crippen molar-refractivity contribution >= 4 is 11.1 Å². The molecular weight excluding hydrogens is 362 g/mol. The molecule has 2 N–H and O–H groups in total. The molecule has 0 saturated heterocycles. The van der Waals surface area contributed by atoms with E-state index in [0.717, 1.165) is 11.1 Å². The van der Waals surface area contributed by atoms with Crippen molar-refractivity contribution in [1.82, 2.24) is 15.0 Å². The molecule has 1 aromatic heterocycles. The summed E-state index contributed by atoms with van der Waals surface area (Å²) in [6.45, 7) is 12.9. The van der Waals surface area contributed by atoms with Crippen molar-refractivity contribution in [3.8, 4) is 11.4 Å². The molecule has 0 aliphatic carbocycles. The van der Waals surface area contributed by atoms with Crippen LogP contribution in [0.4, 0.5) is 0 Å². The van der Waals surface area contributed by atoms with Gasteiger partial charge in [-0.05, 0) is 39.0 Å². The molecule has 148 valence electrons. The molecule has 0 radical (unpaired) electrons. The average molecular weight is 387 g/mol. The predicted molar refractivity (Wildman–Crippen MR) is 119 cm³/mol. The zero-order valence-electron chi connectivity index (χ0n) is 16.9. The summed E-state index contributed by atoms with van der Waals surface area (Å²) >= 11 is 0. The monoisotopic (exact) mass is 387 g/mol. The number of aliphatic hydroxyl groups is 2. The highest BCUT2D eigenvalue weighted by Gasteiger charge is 2.17. The first-order valence-corrected chi connectivity index (χ1v) is 9.15. The molecule has 0 bridgehead atoms. The summed E-state index contributed by atoms with van der Waals surface area (Å²) in [4.78, 5) is 13.6. The zero-order valence-corrected chi connectivity index (χ0v) is 16.9. The third-order valence-electron chi connectivity index (χ3n) is 4.04. The predicted octanol–water partition coefficient (Wildman–Crippen LogP) is 5.91. The van der Waals surface area contributed by atoms with Crippen LogP contribution in [0.5, 0.6) is 0 Å². The number of allylic oxidation sites excluding steroid dienone is 8. The molecule has 5 heteroatoms. The standard InChI is InChI=1S/C24H25N3O2/c1-6-11-20(28)18(8-3)23-25-22(17-14-10-13-16(5)15-17)26-24(27-23)19(9-4)21(29)12-7-2/h6-15,28-29H,1,4H2,2-3,5H3/b12-7-,18-8+,20-11+,21-19-. The van der Waals surface area contributed by atoms with Crippen LogP contribution in [-0.4, -0.2) is 25.2 Å². The highest BCUT2D eigenvalue weighted by Crippen LogP contribution is 2.25. The summed E-state index contributed by atoms with van der Waals surface area (Å²) in [6.07, 6.45) is 9.39. The Hall–Kier alpha value is -3.73. The van der Waals surface area contributed by atoms with Crippen molar-refractivity contribution in [3.05, 3.63) is 103 Å². The number of nitrogens with zero attached hydrogens (tertiary/aromatic N) is 3. The van der Waals surface area contributed by atoms with Gasteiger partial charge in [-0.3, -0.25) is 0 Å². The van der Waals surface area contributed by atoms with Gasteiger partial charge in [-0.25, -0.2) is 15.0 Å². The molecule has 0 amide bonds. The molecule has 2 rings (SSSR count). The lowest BCUT2D eigenvalue weighted by atomic mass is 10.1. The summed E-state index contributed by atoms with van der Waals surface area (Å²) in [5, 5.41) is 20.8. The van der Waals surface area contributed by atoms with E-state index in [-0.39, 0.29) is 23.2 Å². The summed E-state index contributed by atoms with van der Waals surface area (Å²) in [5.74, 6) is 0.923. The van der Waals surface area contributed by atoms with Crippen molar-refractivity contribution < 1.29 is 10.2 Å². The highest BCUT2D eigenvalue weighted by molar-refractivity contribution is 5.77. The van der Waals surface area contributed by atoms with Crippen LogP contribution in [0.1, 0.15) is 31.1 Å². The van der Waals surface area contributed by atoms with Gasteiger partial charge in [0.1, 0.15) is 11.5 Å². The second kappa shape index (κ2) is 9.99. The van der Waals surface area contributed by atoms with Crippen molar-refractivity contribution in [3.63, 3.8) is 0 Å². The quantitative estimate of drug-likeness (QED) is 0.456. The molecule has 2 aromatic rings. The smallest absolute Gasteiger partial charge is 0.167 e. The second-order valence-electron chi connectivity index (χ2n) is 6.17. The Morgan fingerprint density at radius 1 is 1.03 bits per heavy atom. The van der Waals surface area contributed by atoms with E-state index in [0.29, 0.717) is 17.0 Å². The van der Waals surface area contributed by atoms with E-state index < -0.39 is 0 Å². The van der Waals surface area contributed by atoms with E-state index in [2.05, 4.69) is 28.1 Å². The minimum atomic E-state index is -0.0170. The van der Waals surface area contributed by atoms with Gasteiger partial charge in [-0.2, -0.15) is 0 Å². The first-order chi connectivity index (χ1) is 13.9. The Morgan fingerprint density at radius 3 is 2.34 bits per heavy atom. The number of hydrogen-bond donors (Lipinski definition) is 2. The fraction of sp³-hybridized carbons (Fsp3) is 0.125. The van der Waals surface area contributed by atoms with Crippen LogP contribution in [0, 0.1) is 6.92 Å². The van der Waals surface area contributed by atoms with Gasteiger partial charge in [-0.1, -0.05) is 61.2 Å². The van der Waals surface area contributed by atoms with E-state index in [1.165, 1.54) is 18.2 Å². The topological polar surface area (TPSA) is 79.1 Å². The SMILES string of the molecule is C=C/C=C(O)\C(=C/C)c1nc(/C(C=C)=C(O)/C=C\C)nc(-c2cccc(C)c2)n1. The van der Waals surface area contributed by atoms with Gasteiger partial charge in [0.05, 0.1) is 11.1 Å². The average Bonchev–Trinajstić information content (AvgIpc) is 2.69. The molecule has 0 atom stereocenters. The van der Waals surface area contributed by atoms with Crippen LogP contribution in [-0.2, 0) is 0 Å². The second-order valence-corrected chi connectivity index (χ2v) is 6.17. The third kappa shape index (κ3) is 5.17. The fourth-order valence-corrected chi connectivity index (χ4v) is 2.68. The molecule has 5 nitrogen and oxygen atoms in total. The number of rotatable bonds is 7. The first kappa shape index (κ1) is 21.6. The number of aromatic nitrogens is 3. The largest absolute Gasteiger partial charge is 0.507 e. The fourth-order valence-electron chi connectivity index (χ4n) is 2.68. The highest BCUT2D eigenvalue weighted by atomic mass is 16.3. The molecular formula is C24H25N3O2. The van der Waals surface area contributed by atoms with Crippen LogP contribution < -0.4 is 0 Å². The minimum absolute atomic E-state index is 0.0114. The number of benzene rings is 1. The zero-order chi connectivity index (χ0) is 21.4. The Morgan fingerprint density at radius 2 is 1.76 bits per heavy atom. The lowest BCUT2D eigenvalue weighted by molar-refractivity contribution is 0.435. The molecule has 0 unspecified atom stereocenters. The molecule has 0 aliphatic heterocycles. The van der Waals surface area contributed by atoms with Gasteiger partial charge < -0.3 is 10.2 Å². The summed E-state index contributed by atoms with van der Waals surface area (Å²) in [5.41, 5.74) is 2.65. The van der Waals surface area contributed by atoms with E-state index >= 15 is 0 Å². The van der Waals surface area contributed by atoms with Gasteiger partial charge in [-0.15, -0.1) is 0 Å². The lowest BCUT2D eigenvalue weighted by Gasteiger charge is -2.11. The normalized spacial score (nSPS) is 13.3. The number of aliphatic hydroxyl groups excluding tert-OH is 2. The summed E-state index contributed by atoms with van der Waals surface area (Å²) < 4.78 is 0. The van der Waals surface area contributed by atoms with Crippen molar-refractivity contribution in [2.45, 2.75) is 20.8 Å². The van der Waals surface area contributed by atoms with Gasteiger partial charge >= 0.3 is 0 Å². The van der Waals surface area contributed by atoms with E-state index in [1.54, 1.807) is 32.1 Å². The van der Waals surface area contributed by atoms with E-state index in [9.17, 15) is 10.2 Å². The molecule has 1 heterocycles. The molecule has 1 aromatic carbocycles. The van der Waals surface area contributed by atoms with Gasteiger partial charge in [0, 0.05) is 5.56 Å². The molecule has 0 saturated carbocycles. The molecule has 0 fully saturated rings. The third-order valence-corrected chi connectivity index (χ3v) is 4.04. The Bertz CT molecular complexity index is 1040. The van der Waals surface area contributed by atoms with E-state index in [4.69, 9.17) is 0 Å². The minimum Gasteiger partial charge on any atom is -0.507 e. The summed E-state index contributed by atoms with van der Waals surface area (Å²) in [6, 6.07) is 7.75. The van der Waals surface area contributed by atoms with Crippen LogP contribution in [0.3, 0.4) is 0 Å². The van der Waals surface area contributed by atoms with Crippen LogP contribution in [0.25, 0.3) is 22.5 Å². The summed E-state index contributed by atoms with van der Waals surface area (Å²) in [7, 11) is 0. The first-order valence-electron chi connectivity index (χ1n) is 9.15. The molecule has 0 spiro atoms.